The fourth-order valence-electron chi connectivity index (χ4n) is 0.984. The van der Waals surface area contributed by atoms with Gasteiger partial charge in [0.1, 0.15) is 0 Å². The van der Waals surface area contributed by atoms with Crippen LogP contribution < -0.4 is 0 Å². The van der Waals surface area contributed by atoms with E-state index in [1.54, 1.807) is 0 Å². The van der Waals surface area contributed by atoms with Gasteiger partial charge in [0.05, 0.1) is 10.6 Å². The van der Waals surface area contributed by atoms with Crippen molar-refractivity contribution in [1.29, 1.82) is 0 Å². The maximum Gasteiger partial charge on any atom is 0.260 e. The van der Waals surface area contributed by atoms with Gasteiger partial charge in [0, 0.05) is 27.1 Å². The lowest BCUT2D eigenvalue weighted by Gasteiger charge is -1.99. The van der Waals surface area contributed by atoms with E-state index in [9.17, 15) is 0 Å². The molecule has 2 aromatic rings. The topological polar surface area (TPSA) is 38.9 Å². The fraction of sp³-hybridized carbons (Fsp3) is 0. The Morgan fingerprint density at radius 2 is 2.21 bits per heavy atom. The van der Waals surface area contributed by atoms with E-state index in [1.807, 2.05) is 40.8 Å². The van der Waals surface area contributed by atoms with Crippen molar-refractivity contribution >= 4 is 50.1 Å². The minimum absolute atomic E-state index is 0.431. The van der Waals surface area contributed by atoms with Gasteiger partial charge >= 0.3 is 0 Å². The van der Waals surface area contributed by atoms with E-state index in [4.69, 9.17) is 16.1 Å². The van der Waals surface area contributed by atoms with Crippen molar-refractivity contribution in [3.05, 3.63) is 31.5 Å². The Hall–Kier alpha value is -0.140. The third-order valence-corrected chi connectivity index (χ3v) is 3.32. The first-order valence-electron chi connectivity index (χ1n) is 3.62. The zero-order chi connectivity index (χ0) is 10.1. The summed E-state index contributed by atoms with van der Waals surface area (Å²) in [5, 5.41) is 4.27. The van der Waals surface area contributed by atoms with Gasteiger partial charge in [0.15, 0.2) is 0 Å². The first-order valence-corrected chi connectivity index (χ1v) is 5.87. The Morgan fingerprint density at radius 1 is 1.43 bits per heavy atom. The van der Waals surface area contributed by atoms with E-state index in [0.29, 0.717) is 14.7 Å². The molecule has 3 nitrogen and oxygen atoms in total. The average Bonchev–Trinajstić information content (AvgIpc) is 2.57. The molecule has 0 amide bonds. The van der Waals surface area contributed by atoms with Crippen molar-refractivity contribution in [1.82, 2.24) is 10.1 Å². The van der Waals surface area contributed by atoms with E-state index >= 15 is 0 Å². The summed E-state index contributed by atoms with van der Waals surface area (Å²) in [5.41, 5.74) is 0.733. The molecule has 0 fully saturated rings. The van der Waals surface area contributed by atoms with Crippen molar-refractivity contribution in [3.8, 4) is 11.5 Å². The molecule has 0 saturated heterocycles. The van der Waals surface area contributed by atoms with Crippen molar-refractivity contribution in [2.24, 2.45) is 0 Å². The molecule has 0 bridgehead atoms. The van der Waals surface area contributed by atoms with Crippen LogP contribution in [0, 0.1) is 3.83 Å². The Balaban J connectivity index is 2.57. The molecular weight excluding hydrogens is 382 g/mol. The SMILES string of the molecule is Clc1c(Br)cccc1-c1nc(I)no1. The summed E-state index contributed by atoms with van der Waals surface area (Å²) < 4.78 is 6.39. The molecule has 0 saturated carbocycles. The molecule has 6 heteroatoms. The van der Waals surface area contributed by atoms with Crippen molar-refractivity contribution < 1.29 is 4.52 Å². The standard InChI is InChI=1S/C8H3BrClIN2O/c9-5-3-1-2-4(6(5)10)7-12-8(11)13-14-7/h1-3H. The Bertz CT molecular complexity index is 474. The summed E-state index contributed by atoms with van der Waals surface area (Å²) >= 11 is 11.4. The number of hydrogen-bond donors (Lipinski definition) is 0. The van der Waals surface area contributed by atoms with Gasteiger partial charge in [0.2, 0.25) is 3.83 Å². The highest BCUT2D eigenvalue weighted by Gasteiger charge is 2.12. The minimum atomic E-state index is 0.431. The summed E-state index contributed by atoms with van der Waals surface area (Å²) in [6.45, 7) is 0. The number of rotatable bonds is 1. The highest BCUT2D eigenvalue weighted by molar-refractivity contribution is 14.1. The molecule has 72 valence electrons. The van der Waals surface area contributed by atoms with Crippen LogP contribution in [0.1, 0.15) is 0 Å². The van der Waals surface area contributed by atoms with Crippen LogP contribution in [-0.2, 0) is 0 Å². The average molecular weight is 385 g/mol. The number of benzene rings is 1. The monoisotopic (exact) mass is 384 g/mol. The maximum absolute atomic E-state index is 6.06. The van der Waals surface area contributed by atoms with Crippen molar-refractivity contribution in [3.63, 3.8) is 0 Å². The molecule has 1 heterocycles. The van der Waals surface area contributed by atoms with E-state index in [2.05, 4.69) is 26.1 Å². The van der Waals surface area contributed by atoms with Crippen LogP contribution in [0.25, 0.3) is 11.5 Å². The Kier molecular flexibility index (Phi) is 3.08. The second-order valence-corrected chi connectivity index (χ2v) is 4.67. The molecule has 0 aliphatic heterocycles. The predicted octanol–water partition coefficient (Wildman–Crippen LogP) is 3.76. The minimum Gasteiger partial charge on any atom is -0.333 e. The van der Waals surface area contributed by atoms with Crippen LogP contribution in [0.3, 0.4) is 0 Å². The molecule has 0 unspecified atom stereocenters. The smallest absolute Gasteiger partial charge is 0.260 e. The molecule has 0 spiro atoms. The molecular formula is C8H3BrClIN2O. The van der Waals surface area contributed by atoms with Gasteiger partial charge in [-0.05, 0) is 28.1 Å². The molecule has 2 rings (SSSR count). The highest BCUT2D eigenvalue weighted by atomic mass is 127. The number of hydrogen-bond acceptors (Lipinski definition) is 3. The van der Waals surface area contributed by atoms with E-state index in [-0.39, 0.29) is 0 Å². The van der Waals surface area contributed by atoms with Crippen molar-refractivity contribution in [2.45, 2.75) is 0 Å². The summed E-state index contributed by atoms with van der Waals surface area (Å²) in [5.74, 6) is 0.431. The molecule has 1 aromatic carbocycles. The van der Waals surface area contributed by atoms with Crippen molar-refractivity contribution in [2.75, 3.05) is 0 Å². The van der Waals surface area contributed by atoms with Gasteiger partial charge in [-0.25, -0.2) is 0 Å². The molecule has 1 aromatic heterocycles. The van der Waals surface area contributed by atoms with Gasteiger partial charge in [-0.15, -0.1) is 0 Å². The van der Waals surface area contributed by atoms with Crippen LogP contribution in [0.15, 0.2) is 27.2 Å². The number of aromatic nitrogens is 2. The lowest BCUT2D eigenvalue weighted by molar-refractivity contribution is 0.426. The predicted molar refractivity (Wildman–Crippen MR) is 65.2 cm³/mol. The van der Waals surface area contributed by atoms with Gasteiger partial charge in [-0.3, -0.25) is 0 Å². The van der Waals surface area contributed by atoms with E-state index < -0.39 is 0 Å². The van der Waals surface area contributed by atoms with Gasteiger partial charge in [-0.1, -0.05) is 22.8 Å². The largest absolute Gasteiger partial charge is 0.333 e. The van der Waals surface area contributed by atoms with Crippen LogP contribution in [0.5, 0.6) is 0 Å². The van der Waals surface area contributed by atoms with Gasteiger partial charge < -0.3 is 4.52 Å². The second kappa shape index (κ2) is 4.16. The quantitative estimate of drug-likeness (QED) is 0.702. The zero-order valence-corrected chi connectivity index (χ0v) is 11.2. The molecule has 0 aliphatic rings. The first kappa shape index (κ1) is 10.4. The lowest BCUT2D eigenvalue weighted by atomic mass is 10.2. The third kappa shape index (κ3) is 1.94. The van der Waals surface area contributed by atoms with Crippen LogP contribution in [0.4, 0.5) is 0 Å². The molecule has 0 atom stereocenters. The lowest BCUT2D eigenvalue weighted by Crippen LogP contribution is -1.80. The Morgan fingerprint density at radius 3 is 2.86 bits per heavy atom. The first-order chi connectivity index (χ1) is 6.68. The van der Waals surface area contributed by atoms with Gasteiger partial charge in [0.25, 0.3) is 5.89 Å². The molecule has 0 N–H and O–H groups in total. The number of nitrogens with zero attached hydrogens (tertiary/aromatic N) is 2. The van der Waals surface area contributed by atoms with Crippen LogP contribution in [-0.4, -0.2) is 10.1 Å². The summed E-state index contributed by atoms with van der Waals surface area (Å²) in [4.78, 5) is 4.09. The number of halogens is 3. The summed E-state index contributed by atoms with van der Waals surface area (Å²) in [6.07, 6.45) is 0. The van der Waals surface area contributed by atoms with Crippen LogP contribution >= 0.6 is 50.1 Å². The van der Waals surface area contributed by atoms with Crippen LogP contribution in [0.2, 0.25) is 5.02 Å². The maximum atomic E-state index is 6.06. The normalized spacial score (nSPS) is 10.5. The molecule has 0 aliphatic carbocycles. The second-order valence-electron chi connectivity index (χ2n) is 2.47. The summed E-state index contributed by atoms with van der Waals surface area (Å²) in [7, 11) is 0. The highest BCUT2D eigenvalue weighted by Crippen LogP contribution is 2.32. The van der Waals surface area contributed by atoms with Gasteiger partial charge in [-0.2, -0.15) is 4.98 Å². The summed E-state index contributed by atoms with van der Waals surface area (Å²) in [6, 6.07) is 5.55. The van der Waals surface area contributed by atoms with E-state index in [0.717, 1.165) is 10.0 Å². The molecule has 14 heavy (non-hydrogen) atoms. The Labute approximate surface area is 107 Å². The molecule has 0 radical (unpaired) electrons. The van der Waals surface area contributed by atoms with E-state index in [1.165, 1.54) is 0 Å². The fourth-order valence-corrected chi connectivity index (χ4v) is 1.87. The third-order valence-electron chi connectivity index (χ3n) is 1.58. The zero-order valence-electron chi connectivity index (χ0n) is 6.67.